The second-order valence-corrected chi connectivity index (χ2v) is 8.27. The van der Waals surface area contributed by atoms with Crippen molar-refractivity contribution in [3.05, 3.63) is 0 Å². The number of carbonyl (C=O) groups excluding carboxylic acids is 4. The van der Waals surface area contributed by atoms with Crippen LogP contribution in [0.2, 0.25) is 0 Å². The van der Waals surface area contributed by atoms with Crippen molar-refractivity contribution < 1.29 is 29.1 Å². The molecule has 1 fully saturated rings. The second kappa shape index (κ2) is 10.9. The highest BCUT2D eigenvalue weighted by Crippen LogP contribution is 2.20. The number of aliphatic carboxylic acids is 1. The lowest BCUT2D eigenvalue weighted by atomic mass is 9.98. The van der Waals surface area contributed by atoms with Gasteiger partial charge in [-0.1, -0.05) is 27.7 Å². The Morgan fingerprint density at radius 1 is 1.00 bits per heavy atom. The van der Waals surface area contributed by atoms with Crippen molar-refractivity contribution >= 4 is 29.6 Å². The Balaban J connectivity index is 2.93. The molecule has 1 heterocycles. The number of nitrogens with zero attached hydrogens (tertiary/aromatic N) is 1. The number of carboxylic acids is 1. The van der Waals surface area contributed by atoms with Gasteiger partial charge >= 0.3 is 5.97 Å². The van der Waals surface area contributed by atoms with Crippen LogP contribution < -0.4 is 22.1 Å². The highest BCUT2D eigenvalue weighted by Gasteiger charge is 2.39. The number of amides is 4. The van der Waals surface area contributed by atoms with Gasteiger partial charge in [0.25, 0.3) is 0 Å². The molecule has 1 aliphatic heterocycles. The maximum Gasteiger partial charge on any atom is 0.326 e. The first-order chi connectivity index (χ1) is 13.9. The largest absolute Gasteiger partial charge is 0.480 e. The lowest BCUT2D eigenvalue weighted by Crippen LogP contribution is -2.59. The molecule has 0 bridgehead atoms. The zero-order valence-corrected chi connectivity index (χ0v) is 17.9. The molecule has 7 N–H and O–H groups in total. The van der Waals surface area contributed by atoms with E-state index in [0.717, 1.165) is 0 Å². The fraction of sp³-hybridized carbons (Fsp3) is 0.737. The number of hydrogen-bond acceptors (Lipinski definition) is 6. The smallest absolute Gasteiger partial charge is 0.326 e. The van der Waals surface area contributed by atoms with Gasteiger partial charge in [0.15, 0.2) is 0 Å². The van der Waals surface area contributed by atoms with E-state index in [1.54, 1.807) is 27.7 Å². The van der Waals surface area contributed by atoms with Crippen molar-refractivity contribution in [3.63, 3.8) is 0 Å². The van der Waals surface area contributed by atoms with Crippen molar-refractivity contribution in [2.24, 2.45) is 23.3 Å². The fourth-order valence-corrected chi connectivity index (χ4v) is 3.33. The van der Waals surface area contributed by atoms with Gasteiger partial charge in [0.2, 0.25) is 23.6 Å². The van der Waals surface area contributed by atoms with Crippen LogP contribution in [0, 0.1) is 11.8 Å². The fourth-order valence-electron chi connectivity index (χ4n) is 3.33. The quantitative estimate of drug-likeness (QED) is 0.282. The van der Waals surface area contributed by atoms with Crippen molar-refractivity contribution in [2.45, 2.75) is 71.1 Å². The van der Waals surface area contributed by atoms with Crippen LogP contribution in [-0.2, 0) is 24.0 Å². The molecule has 1 rings (SSSR count). The monoisotopic (exact) mass is 427 g/mol. The number of nitrogens with one attached hydrogen (secondary N) is 2. The lowest BCUT2D eigenvalue weighted by Gasteiger charge is -2.31. The molecular weight excluding hydrogens is 394 g/mol. The van der Waals surface area contributed by atoms with E-state index in [9.17, 15) is 29.1 Å². The van der Waals surface area contributed by atoms with Crippen LogP contribution in [0.25, 0.3) is 0 Å². The van der Waals surface area contributed by atoms with E-state index in [2.05, 4.69) is 10.6 Å². The first-order valence-corrected chi connectivity index (χ1v) is 10.0. The van der Waals surface area contributed by atoms with Crippen LogP contribution in [0.4, 0.5) is 0 Å². The topological polar surface area (TPSA) is 185 Å². The van der Waals surface area contributed by atoms with Gasteiger partial charge in [-0.05, 0) is 24.7 Å². The Kier molecular flexibility index (Phi) is 9.22. The molecule has 0 aromatic rings. The number of carbonyl (C=O) groups is 5. The molecule has 170 valence electrons. The third-order valence-electron chi connectivity index (χ3n) is 5.06. The van der Waals surface area contributed by atoms with Gasteiger partial charge in [-0.15, -0.1) is 0 Å². The van der Waals surface area contributed by atoms with Gasteiger partial charge in [0.1, 0.15) is 18.1 Å². The molecule has 0 aliphatic carbocycles. The zero-order chi connectivity index (χ0) is 23.2. The van der Waals surface area contributed by atoms with Crippen molar-refractivity contribution in [2.75, 3.05) is 6.54 Å². The van der Waals surface area contributed by atoms with Crippen molar-refractivity contribution in [3.8, 4) is 0 Å². The van der Waals surface area contributed by atoms with E-state index >= 15 is 0 Å². The van der Waals surface area contributed by atoms with Crippen LogP contribution in [0.1, 0.15) is 47.0 Å². The Bertz CT molecular complexity index is 680. The average Bonchev–Trinajstić information content (AvgIpc) is 3.12. The summed E-state index contributed by atoms with van der Waals surface area (Å²) in [6.07, 6.45) is 0.572. The van der Waals surface area contributed by atoms with Gasteiger partial charge in [-0.25, -0.2) is 4.79 Å². The molecule has 0 aromatic heterocycles. The Morgan fingerprint density at radius 2 is 1.53 bits per heavy atom. The minimum absolute atomic E-state index is 0.307. The molecule has 11 nitrogen and oxygen atoms in total. The Labute approximate surface area is 175 Å². The molecule has 0 radical (unpaired) electrons. The summed E-state index contributed by atoms with van der Waals surface area (Å²) in [5.74, 6) is -4.24. The van der Waals surface area contributed by atoms with E-state index < -0.39 is 53.8 Å². The lowest BCUT2D eigenvalue weighted by molar-refractivity contribution is -0.150. The molecule has 4 atom stereocenters. The molecule has 30 heavy (non-hydrogen) atoms. The van der Waals surface area contributed by atoms with Crippen LogP contribution >= 0.6 is 0 Å². The van der Waals surface area contributed by atoms with E-state index in [0.29, 0.717) is 19.4 Å². The Hall–Kier alpha value is -2.69. The van der Waals surface area contributed by atoms with Gasteiger partial charge in [0.05, 0.1) is 12.5 Å². The van der Waals surface area contributed by atoms with Crippen molar-refractivity contribution in [1.29, 1.82) is 0 Å². The molecule has 1 aliphatic rings. The SMILES string of the molecule is CC(C)C(NC(=O)C(N)CC(N)=O)C(=O)NC(C(=O)N1CCCC1C(=O)O)C(C)C. The highest BCUT2D eigenvalue weighted by atomic mass is 16.4. The third kappa shape index (κ3) is 6.68. The zero-order valence-electron chi connectivity index (χ0n) is 17.9. The highest BCUT2D eigenvalue weighted by molar-refractivity contribution is 5.95. The minimum atomic E-state index is -1.19. The standard InChI is InChI=1S/C19H33N5O6/c1-9(2)14(22-16(26)11(20)8-13(21)25)17(27)23-15(10(3)4)18(28)24-7-5-6-12(24)19(29)30/h9-12,14-15H,5-8,20H2,1-4H3,(H2,21,25)(H,22,26)(H,23,27)(H,29,30). The predicted molar refractivity (Wildman–Crippen MR) is 108 cm³/mol. The first kappa shape index (κ1) is 25.3. The average molecular weight is 428 g/mol. The maximum atomic E-state index is 13.0. The molecular formula is C19H33N5O6. The molecule has 4 unspecified atom stereocenters. The summed E-state index contributed by atoms with van der Waals surface area (Å²) in [7, 11) is 0. The second-order valence-electron chi connectivity index (χ2n) is 8.27. The van der Waals surface area contributed by atoms with E-state index in [4.69, 9.17) is 11.5 Å². The van der Waals surface area contributed by atoms with E-state index in [1.165, 1.54) is 4.90 Å². The normalized spacial score (nSPS) is 19.3. The molecule has 0 aromatic carbocycles. The van der Waals surface area contributed by atoms with Gasteiger partial charge < -0.3 is 32.1 Å². The number of hydrogen-bond donors (Lipinski definition) is 5. The van der Waals surface area contributed by atoms with E-state index in [-0.39, 0.29) is 18.3 Å². The van der Waals surface area contributed by atoms with Crippen LogP contribution in [0.15, 0.2) is 0 Å². The summed E-state index contributed by atoms with van der Waals surface area (Å²) in [4.78, 5) is 61.7. The number of carboxylic acid groups (broad SMARTS) is 1. The van der Waals surface area contributed by atoms with Gasteiger partial charge in [0, 0.05) is 6.54 Å². The number of nitrogens with two attached hydrogens (primary N) is 2. The molecule has 4 amide bonds. The summed E-state index contributed by atoms with van der Waals surface area (Å²) in [5.41, 5.74) is 10.7. The number of primary amides is 1. The summed E-state index contributed by atoms with van der Waals surface area (Å²) in [6, 6.07) is -4.06. The molecule has 0 saturated carbocycles. The number of likely N-dealkylation sites (tertiary alicyclic amines) is 1. The first-order valence-electron chi connectivity index (χ1n) is 10.0. The molecule has 1 saturated heterocycles. The summed E-state index contributed by atoms with van der Waals surface area (Å²) in [5, 5.41) is 14.5. The Morgan fingerprint density at radius 3 is 2.00 bits per heavy atom. The van der Waals surface area contributed by atoms with Crippen LogP contribution in [0.5, 0.6) is 0 Å². The minimum Gasteiger partial charge on any atom is -0.480 e. The van der Waals surface area contributed by atoms with Crippen molar-refractivity contribution in [1.82, 2.24) is 15.5 Å². The molecule has 11 heteroatoms. The third-order valence-corrected chi connectivity index (χ3v) is 5.06. The predicted octanol–water partition coefficient (Wildman–Crippen LogP) is -1.45. The summed E-state index contributed by atoms with van der Waals surface area (Å²) < 4.78 is 0. The van der Waals surface area contributed by atoms with Crippen LogP contribution in [0.3, 0.4) is 0 Å². The molecule has 0 spiro atoms. The van der Waals surface area contributed by atoms with E-state index in [1.807, 2.05) is 0 Å². The van der Waals surface area contributed by atoms with Gasteiger partial charge in [-0.2, -0.15) is 0 Å². The summed E-state index contributed by atoms with van der Waals surface area (Å²) in [6.45, 7) is 7.19. The van der Waals surface area contributed by atoms with Crippen LogP contribution in [-0.4, -0.2) is 70.3 Å². The number of rotatable bonds is 10. The maximum absolute atomic E-state index is 13.0. The summed E-state index contributed by atoms with van der Waals surface area (Å²) >= 11 is 0. The van der Waals surface area contributed by atoms with Gasteiger partial charge in [-0.3, -0.25) is 19.2 Å².